The quantitative estimate of drug-likeness (QED) is 0.862. The Balaban J connectivity index is 1.96. The molecule has 0 aliphatic heterocycles. The molecule has 1 unspecified atom stereocenters. The van der Waals surface area contributed by atoms with E-state index in [0.29, 0.717) is 13.0 Å². The maximum atomic E-state index is 12.0. The molecule has 21 heavy (non-hydrogen) atoms. The van der Waals surface area contributed by atoms with Crippen molar-refractivity contribution >= 4 is 17.2 Å². The summed E-state index contributed by atoms with van der Waals surface area (Å²) < 4.78 is 0. The van der Waals surface area contributed by atoms with Crippen LogP contribution in [0.5, 0.6) is 0 Å². The summed E-state index contributed by atoms with van der Waals surface area (Å²) in [5.74, 6) is -0.126. The first kappa shape index (κ1) is 15.7. The van der Waals surface area contributed by atoms with Gasteiger partial charge in [-0.2, -0.15) is 0 Å². The minimum absolute atomic E-state index is 0.126. The van der Waals surface area contributed by atoms with E-state index in [1.807, 2.05) is 42.6 Å². The van der Waals surface area contributed by atoms with Gasteiger partial charge in [-0.05, 0) is 13.3 Å². The maximum absolute atomic E-state index is 12.0. The number of rotatable bonds is 6. The molecule has 2 rings (SSSR count). The molecular weight excluding hydrogens is 282 g/mol. The van der Waals surface area contributed by atoms with E-state index in [1.54, 1.807) is 18.3 Å². The van der Waals surface area contributed by atoms with Crippen LogP contribution in [-0.2, 0) is 11.3 Å². The third-order valence-corrected chi connectivity index (χ3v) is 4.23. The summed E-state index contributed by atoms with van der Waals surface area (Å²) in [6.07, 6.45) is 1.56. The summed E-state index contributed by atoms with van der Waals surface area (Å²) in [6, 6.07) is 10.0. The van der Waals surface area contributed by atoms with Crippen LogP contribution in [0.3, 0.4) is 0 Å². The average molecular weight is 303 g/mol. The molecule has 2 aromatic rings. The van der Waals surface area contributed by atoms with Crippen LogP contribution in [0, 0.1) is 0 Å². The summed E-state index contributed by atoms with van der Waals surface area (Å²) >= 11 is 1.58. The van der Waals surface area contributed by atoms with Crippen LogP contribution in [-0.4, -0.2) is 16.4 Å². The second-order valence-electron chi connectivity index (χ2n) is 5.36. The van der Waals surface area contributed by atoms with Gasteiger partial charge in [0.15, 0.2) is 0 Å². The molecule has 5 heteroatoms. The number of amides is 1. The highest BCUT2D eigenvalue weighted by molar-refractivity contribution is 7.13. The number of hydrogen-bond acceptors (Lipinski definition) is 4. The zero-order valence-corrected chi connectivity index (χ0v) is 13.2. The number of hydrogen-bond donors (Lipinski definition) is 2. The Kier molecular flexibility index (Phi) is 5.09. The van der Waals surface area contributed by atoms with Crippen molar-refractivity contribution in [1.29, 1.82) is 0 Å². The average Bonchev–Trinajstić information content (AvgIpc) is 2.94. The van der Waals surface area contributed by atoms with Crippen LogP contribution >= 0.6 is 11.3 Å². The maximum Gasteiger partial charge on any atom is 0.240 e. The molecule has 112 valence electrons. The Bertz CT molecular complexity index is 593. The van der Waals surface area contributed by atoms with Crippen molar-refractivity contribution in [2.45, 2.75) is 38.8 Å². The van der Waals surface area contributed by atoms with Crippen LogP contribution in [0.25, 0.3) is 10.6 Å². The van der Waals surface area contributed by atoms with Gasteiger partial charge in [0.05, 0.1) is 17.8 Å². The van der Waals surface area contributed by atoms with Crippen molar-refractivity contribution in [3.63, 3.8) is 0 Å². The molecule has 0 spiro atoms. The number of nitrogens with zero attached hydrogens (tertiary/aromatic N) is 1. The molecule has 1 atom stereocenters. The van der Waals surface area contributed by atoms with Gasteiger partial charge in [0.1, 0.15) is 5.01 Å². The Morgan fingerprint density at radius 3 is 2.76 bits per heavy atom. The van der Waals surface area contributed by atoms with Crippen LogP contribution in [0.2, 0.25) is 0 Å². The van der Waals surface area contributed by atoms with E-state index in [9.17, 15) is 4.79 Å². The zero-order valence-electron chi connectivity index (χ0n) is 12.4. The van der Waals surface area contributed by atoms with Crippen molar-refractivity contribution in [3.8, 4) is 10.6 Å². The lowest BCUT2D eigenvalue weighted by Crippen LogP contribution is -2.51. The van der Waals surface area contributed by atoms with Crippen molar-refractivity contribution < 1.29 is 4.79 Å². The van der Waals surface area contributed by atoms with Gasteiger partial charge in [-0.3, -0.25) is 4.79 Å². The van der Waals surface area contributed by atoms with E-state index in [1.165, 1.54) is 0 Å². The van der Waals surface area contributed by atoms with Gasteiger partial charge in [0.2, 0.25) is 5.91 Å². The van der Waals surface area contributed by atoms with Crippen molar-refractivity contribution in [3.05, 3.63) is 41.4 Å². The van der Waals surface area contributed by atoms with Gasteiger partial charge in [-0.1, -0.05) is 43.7 Å². The number of carbonyl (C=O) groups is 1. The topological polar surface area (TPSA) is 68.0 Å². The molecule has 1 aromatic carbocycles. The van der Waals surface area contributed by atoms with Crippen molar-refractivity contribution in [1.82, 2.24) is 10.3 Å². The van der Waals surface area contributed by atoms with Crippen molar-refractivity contribution in [2.24, 2.45) is 5.73 Å². The molecule has 3 N–H and O–H groups in total. The SMILES string of the molecule is CCCC(C)(N)C(=O)NCc1csc(-c2ccccc2)n1. The highest BCUT2D eigenvalue weighted by atomic mass is 32.1. The molecule has 4 nitrogen and oxygen atoms in total. The Morgan fingerprint density at radius 1 is 1.38 bits per heavy atom. The Hall–Kier alpha value is -1.72. The van der Waals surface area contributed by atoms with E-state index in [-0.39, 0.29) is 5.91 Å². The summed E-state index contributed by atoms with van der Waals surface area (Å²) in [6.45, 7) is 4.20. The van der Waals surface area contributed by atoms with Gasteiger partial charge >= 0.3 is 0 Å². The zero-order chi connectivity index (χ0) is 15.3. The number of carbonyl (C=O) groups excluding carboxylic acids is 1. The fourth-order valence-corrected chi connectivity index (χ4v) is 2.93. The summed E-state index contributed by atoms with van der Waals surface area (Å²) in [7, 11) is 0. The highest BCUT2D eigenvalue weighted by Crippen LogP contribution is 2.23. The summed E-state index contributed by atoms with van der Waals surface area (Å²) in [4.78, 5) is 16.6. The lowest BCUT2D eigenvalue weighted by molar-refractivity contribution is -0.126. The summed E-state index contributed by atoms with van der Waals surface area (Å²) in [5.41, 5.74) is 7.14. The largest absolute Gasteiger partial charge is 0.349 e. The first-order chi connectivity index (χ1) is 10.0. The molecule has 0 radical (unpaired) electrons. The van der Waals surface area contributed by atoms with Crippen LogP contribution in [0.1, 0.15) is 32.4 Å². The Labute approximate surface area is 129 Å². The van der Waals surface area contributed by atoms with Gasteiger partial charge in [0, 0.05) is 10.9 Å². The van der Waals surface area contributed by atoms with E-state index in [0.717, 1.165) is 22.7 Å². The predicted octanol–water partition coefficient (Wildman–Crippen LogP) is 2.94. The number of thiazole rings is 1. The number of benzene rings is 1. The second-order valence-corrected chi connectivity index (χ2v) is 6.22. The third kappa shape index (κ3) is 4.12. The van der Waals surface area contributed by atoms with Gasteiger partial charge in [-0.25, -0.2) is 4.98 Å². The van der Waals surface area contributed by atoms with Crippen LogP contribution in [0.15, 0.2) is 35.7 Å². The third-order valence-electron chi connectivity index (χ3n) is 3.29. The van der Waals surface area contributed by atoms with Gasteiger partial charge in [-0.15, -0.1) is 11.3 Å². The monoisotopic (exact) mass is 303 g/mol. The highest BCUT2D eigenvalue weighted by Gasteiger charge is 2.26. The fraction of sp³-hybridized carbons (Fsp3) is 0.375. The normalized spacial score (nSPS) is 13.7. The van der Waals surface area contributed by atoms with Crippen LogP contribution < -0.4 is 11.1 Å². The molecule has 0 fully saturated rings. The first-order valence-corrected chi connectivity index (χ1v) is 7.98. The summed E-state index contributed by atoms with van der Waals surface area (Å²) in [5, 5.41) is 5.80. The second kappa shape index (κ2) is 6.83. The predicted molar refractivity (Wildman–Crippen MR) is 86.9 cm³/mol. The minimum Gasteiger partial charge on any atom is -0.349 e. The fourth-order valence-electron chi connectivity index (χ4n) is 2.11. The molecule has 0 saturated heterocycles. The lowest BCUT2D eigenvalue weighted by Gasteiger charge is -2.22. The molecular formula is C16H21N3OS. The smallest absolute Gasteiger partial charge is 0.240 e. The molecule has 1 heterocycles. The van der Waals surface area contributed by atoms with Crippen LogP contribution in [0.4, 0.5) is 0 Å². The van der Waals surface area contributed by atoms with E-state index in [4.69, 9.17) is 5.73 Å². The van der Waals surface area contributed by atoms with E-state index in [2.05, 4.69) is 10.3 Å². The number of aromatic nitrogens is 1. The lowest BCUT2D eigenvalue weighted by atomic mass is 9.96. The minimum atomic E-state index is -0.812. The standard InChI is InChI=1S/C16H21N3OS/c1-3-9-16(2,17)15(20)18-10-13-11-21-14(19-13)12-7-5-4-6-8-12/h4-8,11H,3,9-10,17H2,1-2H3,(H,18,20). The first-order valence-electron chi connectivity index (χ1n) is 7.10. The molecule has 0 aliphatic carbocycles. The molecule has 1 amide bonds. The van der Waals surface area contributed by atoms with Gasteiger partial charge < -0.3 is 11.1 Å². The number of nitrogens with one attached hydrogen (secondary N) is 1. The molecule has 0 saturated carbocycles. The number of nitrogens with two attached hydrogens (primary N) is 1. The Morgan fingerprint density at radius 2 is 2.10 bits per heavy atom. The molecule has 0 bridgehead atoms. The van der Waals surface area contributed by atoms with E-state index >= 15 is 0 Å². The van der Waals surface area contributed by atoms with Gasteiger partial charge in [0.25, 0.3) is 0 Å². The van der Waals surface area contributed by atoms with E-state index < -0.39 is 5.54 Å². The molecule has 0 aliphatic rings. The molecule has 1 aromatic heterocycles. The van der Waals surface area contributed by atoms with Crippen molar-refractivity contribution in [2.75, 3.05) is 0 Å².